The predicted octanol–water partition coefficient (Wildman–Crippen LogP) is -0.335. The summed E-state index contributed by atoms with van der Waals surface area (Å²) in [5.41, 5.74) is 5.34. The van der Waals surface area contributed by atoms with E-state index in [9.17, 15) is 13.2 Å². The molecule has 0 aromatic carbocycles. The van der Waals surface area contributed by atoms with E-state index in [1.54, 1.807) is 0 Å². The van der Waals surface area contributed by atoms with Crippen LogP contribution < -0.4 is 11.1 Å². The minimum Gasteiger partial charge on any atom is -0.355 e. The molecular weight excluding hydrogens is 216 g/mol. The Bertz CT molecular complexity index is 304. The molecule has 0 rings (SSSR count). The van der Waals surface area contributed by atoms with Crippen molar-refractivity contribution in [3.8, 4) is 0 Å². The molecule has 0 saturated carbocycles. The molecule has 0 aromatic rings. The van der Waals surface area contributed by atoms with Crippen LogP contribution in [0.5, 0.6) is 0 Å². The van der Waals surface area contributed by atoms with Gasteiger partial charge in [-0.2, -0.15) is 0 Å². The van der Waals surface area contributed by atoms with Gasteiger partial charge in [-0.1, -0.05) is 0 Å². The Morgan fingerprint density at radius 2 is 1.93 bits per heavy atom. The fourth-order valence-corrected chi connectivity index (χ4v) is 1.37. The minimum atomic E-state index is -3.00. The van der Waals surface area contributed by atoms with Crippen LogP contribution in [0.1, 0.15) is 26.7 Å². The van der Waals surface area contributed by atoms with Crippen LogP contribution in [0.2, 0.25) is 0 Å². The van der Waals surface area contributed by atoms with E-state index in [4.69, 9.17) is 5.73 Å². The maximum Gasteiger partial charge on any atom is 0.220 e. The van der Waals surface area contributed by atoms with Gasteiger partial charge in [-0.3, -0.25) is 4.79 Å². The molecule has 0 aromatic heterocycles. The van der Waals surface area contributed by atoms with Crippen LogP contribution in [0.25, 0.3) is 0 Å². The summed E-state index contributed by atoms with van der Waals surface area (Å²) in [6.45, 7) is 3.86. The fraction of sp³-hybridized carbons (Fsp3) is 0.889. The minimum absolute atomic E-state index is 0.0231. The number of sulfone groups is 1. The zero-order chi connectivity index (χ0) is 12.1. The van der Waals surface area contributed by atoms with Crippen LogP contribution in [-0.2, 0) is 14.6 Å². The van der Waals surface area contributed by atoms with Gasteiger partial charge in [0.25, 0.3) is 0 Å². The van der Waals surface area contributed by atoms with Crippen molar-refractivity contribution in [2.45, 2.75) is 32.2 Å². The van der Waals surface area contributed by atoms with Crippen molar-refractivity contribution >= 4 is 15.7 Å². The lowest BCUT2D eigenvalue weighted by molar-refractivity contribution is -0.121. The average Bonchev–Trinajstić information content (AvgIpc) is 1.97. The van der Waals surface area contributed by atoms with Gasteiger partial charge in [0.15, 0.2) is 0 Å². The number of rotatable bonds is 6. The average molecular weight is 236 g/mol. The number of hydrogen-bond donors (Lipinski definition) is 2. The maximum absolute atomic E-state index is 11.2. The van der Waals surface area contributed by atoms with Crippen molar-refractivity contribution in [3.63, 3.8) is 0 Å². The third-order valence-corrected chi connectivity index (χ3v) is 2.74. The van der Waals surface area contributed by atoms with Crippen molar-refractivity contribution < 1.29 is 13.2 Å². The second-order valence-electron chi connectivity index (χ2n) is 4.47. The smallest absolute Gasteiger partial charge is 0.220 e. The van der Waals surface area contributed by atoms with Crippen LogP contribution in [-0.4, -0.2) is 38.4 Å². The summed E-state index contributed by atoms with van der Waals surface area (Å²) in [7, 11) is -3.00. The highest BCUT2D eigenvalue weighted by Gasteiger charge is 2.13. The Labute approximate surface area is 91.3 Å². The Kier molecular flexibility index (Phi) is 5.23. The van der Waals surface area contributed by atoms with Crippen LogP contribution in [0.15, 0.2) is 0 Å². The van der Waals surface area contributed by atoms with Crippen LogP contribution in [0.4, 0.5) is 0 Å². The molecule has 15 heavy (non-hydrogen) atoms. The molecule has 1 amide bonds. The zero-order valence-electron chi connectivity index (χ0n) is 9.54. The number of amides is 1. The van der Waals surface area contributed by atoms with Crippen molar-refractivity contribution in [1.29, 1.82) is 0 Å². The lowest BCUT2D eigenvalue weighted by Crippen LogP contribution is -2.35. The summed E-state index contributed by atoms with van der Waals surface area (Å²) >= 11 is 0. The van der Waals surface area contributed by atoms with Crippen molar-refractivity contribution in [2.24, 2.45) is 5.73 Å². The molecule has 0 bridgehead atoms. The lowest BCUT2D eigenvalue weighted by Gasteiger charge is -2.17. The van der Waals surface area contributed by atoms with E-state index >= 15 is 0 Å². The summed E-state index contributed by atoms with van der Waals surface area (Å²) in [5.74, 6) is -0.178. The number of carbonyl (C=O) groups is 1. The fourth-order valence-electron chi connectivity index (χ4n) is 0.900. The summed E-state index contributed by atoms with van der Waals surface area (Å²) in [4.78, 5) is 11.2. The van der Waals surface area contributed by atoms with Crippen molar-refractivity contribution in [1.82, 2.24) is 5.32 Å². The molecule has 0 atom stereocenters. The third kappa shape index (κ3) is 11.3. The Balaban J connectivity index is 3.69. The Morgan fingerprint density at radius 3 is 2.33 bits per heavy atom. The molecule has 0 heterocycles. The third-order valence-electron chi connectivity index (χ3n) is 1.79. The van der Waals surface area contributed by atoms with Crippen LogP contribution in [0, 0.1) is 0 Å². The van der Waals surface area contributed by atoms with Crippen molar-refractivity contribution in [3.05, 3.63) is 0 Å². The van der Waals surface area contributed by atoms with E-state index in [1.807, 2.05) is 13.8 Å². The summed E-state index contributed by atoms with van der Waals surface area (Å²) in [6.07, 6.45) is 2.05. The molecular formula is C9H20N2O3S. The molecule has 6 heteroatoms. The number of hydrogen-bond acceptors (Lipinski definition) is 4. The van der Waals surface area contributed by atoms with Crippen LogP contribution >= 0.6 is 0 Å². The highest BCUT2D eigenvalue weighted by atomic mass is 32.2. The summed E-state index contributed by atoms with van der Waals surface area (Å²) in [5, 5.41) is 2.54. The topological polar surface area (TPSA) is 89.3 Å². The standard InChI is InChI=1S/C9H20N2O3S/c1-9(2,10)5-4-8(12)11-6-7-15(3,13)14/h4-7,10H2,1-3H3,(H,11,12). The SMILES string of the molecule is CC(C)(N)CCC(=O)NCCS(C)(=O)=O. The van der Waals surface area contributed by atoms with E-state index in [0.717, 1.165) is 6.26 Å². The first-order chi connectivity index (χ1) is 6.60. The van der Waals surface area contributed by atoms with Gasteiger partial charge in [-0.15, -0.1) is 0 Å². The van der Waals surface area contributed by atoms with Crippen LogP contribution in [0.3, 0.4) is 0 Å². The van der Waals surface area contributed by atoms with Gasteiger partial charge in [0, 0.05) is 24.8 Å². The number of nitrogens with one attached hydrogen (secondary N) is 1. The molecule has 5 nitrogen and oxygen atoms in total. The zero-order valence-corrected chi connectivity index (χ0v) is 10.4. The molecule has 0 aliphatic rings. The van der Waals surface area contributed by atoms with E-state index < -0.39 is 9.84 Å². The summed E-state index contributed by atoms with van der Waals surface area (Å²) < 4.78 is 21.5. The Morgan fingerprint density at radius 1 is 1.40 bits per heavy atom. The van der Waals surface area contributed by atoms with Gasteiger partial charge in [-0.25, -0.2) is 8.42 Å². The van der Waals surface area contributed by atoms with Gasteiger partial charge < -0.3 is 11.1 Å². The maximum atomic E-state index is 11.2. The van der Waals surface area contributed by atoms with Gasteiger partial charge >= 0.3 is 0 Å². The second kappa shape index (κ2) is 5.46. The first-order valence-electron chi connectivity index (χ1n) is 4.83. The van der Waals surface area contributed by atoms with Gasteiger partial charge in [0.05, 0.1) is 5.75 Å². The first-order valence-corrected chi connectivity index (χ1v) is 6.89. The highest BCUT2D eigenvalue weighted by Crippen LogP contribution is 2.06. The molecule has 0 aliphatic carbocycles. The Hall–Kier alpha value is -0.620. The quantitative estimate of drug-likeness (QED) is 0.660. The molecule has 3 N–H and O–H groups in total. The molecule has 0 radical (unpaired) electrons. The van der Waals surface area contributed by atoms with Gasteiger partial charge in [-0.05, 0) is 20.3 Å². The van der Waals surface area contributed by atoms with Gasteiger partial charge in [0.2, 0.25) is 5.91 Å². The molecule has 0 saturated heterocycles. The highest BCUT2D eigenvalue weighted by molar-refractivity contribution is 7.90. The summed E-state index contributed by atoms with van der Waals surface area (Å²) in [6, 6.07) is 0. The second-order valence-corrected chi connectivity index (χ2v) is 6.73. The molecule has 0 unspecified atom stereocenters. The van der Waals surface area contributed by atoms with E-state index in [0.29, 0.717) is 12.8 Å². The predicted molar refractivity (Wildman–Crippen MR) is 60.2 cm³/mol. The number of nitrogens with two attached hydrogens (primary N) is 1. The van der Waals surface area contributed by atoms with Gasteiger partial charge in [0.1, 0.15) is 9.84 Å². The largest absolute Gasteiger partial charge is 0.355 e. The molecule has 0 fully saturated rings. The van der Waals surface area contributed by atoms with E-state index in [2.05, 4.69) is 5.32 Å². The first kappa shape index (κ1) is 14.4. The molecule has 0 spiro atoms. The lowest BCUT2D eigenvalue weighted by atomic mass is 10.00. The molecule has 0 aliphatic heterocycles. The molecule has 90 valence electrons. The van der Waals surface area contributed by atoms with E-state index in [-0.39, 0.29) is 23.7 Å². The number of carbonyl (C=O) groups excluding carboxylic acids is 1. The monoisotopic (exact) mass is 236 g/mol. The normalized spacial score (nSPS) is 12.5. The van der Waals surface area contributed by atoms with E-state index in [1.165, 1.54) is 0 Å². The van der Waals surface area contributed by atoms with Crippen molar-refractivity contribution in [2.75, 3.05) is 18.6 Å².